The van der Waals surface area contributed by atoms with Gasteiger partial charge in [0.05, 0.1) is 17.2 Å². The standard InChI is InChI=1S/C16H22N2O3S2/c1-23(19,20)14-6-4-12(5-7-14)15-9-17-10-16(18-15)21-11-13-3-2-8-22-13/h4-7,13,16-17H,2-3,8-11H2,1H3. The van der Waals surface area contributed by atoms with Crippen molar-refractivity contribution in [1.29, 1.82) is 0 Å². The van der Waals surface area contributed by atoms with Gasteiger partial charge >= 0.3 is 0 Å². The maximum Gasteiger partial charge on any atom is 0.175 e. The van der Waals surface area contributed by atoms with E-state index in [0.29, 0.717) is 16.7 Å². The molecule has 2 aliphatic heterocycles. The molecular formula is C16H22N2O3S2. The molecule has 2 atom stereocenters. The number of hydrogen-bond acceptors (Lipinski definition) is 6. The second-order valence-corrected chi connectivity index (χ2v) is 9.35. The number of thioether (sulfide) groups is 1. The summed E-state index contributed by atoms with van der Waals surface area (Å²) < 4.78 is 29.0. The highest BCUT2D eigenvalue weighted by molar-refractivity contribution is 8.00. The third-order valence-electron chi connectivity index (χ3n) is 4.03. The number of nitrogens with zero attached hydrogens (tertiary/aromatic N) is 1. The van der Waals surface area contributed by atoms with Crippen LogP contribution in [0.5, 0.6) is 0 Å². The minimum Gasteiger partial charge on any atom is -0.354 e. The summed E-state index contributed by atoms with van der Waals surface area (Å²) in [4.78, 5) is 5.01. The summed E-state index contributed by atoms with van der Waals surface area (Å²) >= 11 is 1.98. The Hall–Kier alpha value is -0.890. The van der Waals surface area contributed by atoms with Gasteiger partial charge in [-0.05, 0) is 36.3 Å². The molecule has 0 aromatic heterocycles. The Balaban J connectivity index is 1.66. The lowest BCUT2D eigenvalue weighted by Crippen LogP contribution is -2.39. The van der Waals surface area contributed by atoms with E-state index in [1.807, 2.05) is 23.9 Å². The Morgan fingerprint density at radius 2 is 2.13 bits per heavy atom. The molecule has 1 fully saturated rings. The molecule has 1 aromatic carbocycles. The number of nitrogens with one attached hydrogen (secondary N) is 1. The van der Waals surface area contributed by atoms with Crippen LogP contribution in [0.15, 0.2) is 34.2 Å². The molecular weight excluding hydrogens is 332 g/mol. The van der Waals surface area contributed by atoms with Gasteiger partial charge in [0.1, 0.15) is 0 Å². The van der Waals surface area contributed by atoms with E-state index in [4.69, 9.17) is 4.74 Å². The molecule has 0 amide bonds. The van der Waals surface area contributed by atoms with Crippen LogP contribution in [0.3, 0.4) is 0 Å². The Kier molecular flexibility index (Phi) is 5.41. The van der Waals surface area contributed by atoms with Crippen molar-refractivity contribution < 1.29 is 13.2 Å². The van der Waals surface area contributed by atoms with Crippen LogP contribution in [-0.2, 0) is 14.6 Å². The third kappa shape index (κ3) is 4.56. The lowest BCUT2D eigenvalue weighted by atomic mass is 10.1. The van der Waals surface area contributed by atoms with Gasteiger partial charge in [-0.3, -0.25) is 4.99 Å². The molecule has 0 bridgehead atoms. The van der Waals surface area contributed by atoms with Crippen molar-refractivity contribution in [2.45, 2.75) is 29.2 Å². The van der Waals surface area contributed by atoms with E-state index in [0.717, 1.165) is 24.4 Å². The molecule has 1 saturated heterocycles. The first-order chi connectivity index (χ1) is 11.0. The van der Waals surface area contributed by atoms with Gasteiger partial charge < -0.3 is 10.1 Å². The van der Waals surface area contributed by atoms with Crippen molar-refractivity contribution in [2.24, 2.45) is 4.99 Å². The number of ether oxygens (including phenoxy) is 1. The Morgan fingerprint density at radius 3 is 2.78 bits per heavy atom. The van der Waals surface area contributed by atoms with Crippen LogP contribution in [0.1, 0.15) is 18.4 Å². The molecule has 0 radical (unpaired) electrons. The summed E-state index contributed by atoms with van der Waals surface area (Å²) in [5.41, 5.74) is 1.86. The zero-order valence-electron chi connectivity index (χ0n) is 13.2. The number of benzene rings is 1. The van der Waals surface area contributed by atoms with Gasteiger partial charge in [-0.15, -0.1) is 0 Å². The zero-order chi connectivity index (χ0) is 16.3. The van der Waals surface area contributed by atoms with Gasteiger partial charge in [-0.25, -0.2) is 8.42 Å². The van der Waals surface area contributed by atoms with Gasteiger partial charge in [-0.2, -0.15) is 11.8 Å². The quantitative estimate of drug-likeness (QED) is 0.872. The van der Waals surface area contributed by atoms with Crippen molar-refractivity contribution >= 4 is 27.3 Å². The number of rotatable bonds is 5. The second-order valence-electron chi connectivity index (χ2n) is 5.93. The smallest absolute Gasteiger partial charge is 0.175 e. The third-order valence-corrected chi connectivity index (χ3v) is 6.52. The first-order valence-electron chi connectivity index (χ1n) is 7.83. The van der Waals surface area contributed by atoms with Gasteiger partial charge in [0.15, 0.2) is 16.1 Å². The lowest BCUT2D eigenvalue weighted by Gasteiger charge is -2.23. The highest BCUT2D eigenvalue weighted by Crippen LogP contribution is 2.26. The maximum atomic E-state index is 11.5. The van der Waals surface area contributed by atoms with Gasteiger partial charge in [0.25, 0.3) is 0 Å². The van der Waals surface area contributed by atoms with Crippen LogP contribution in [0.25, 0.3) is 0 Å². The molecule has 0 saturated carbocycles. The minimum absolute atomic E-state index is 0.158. The summed E-state index contributed by atoms with van der Waals surface area (Å²) in [5, 5.41) is 3.92. The van der Waals surface area contributed by atoms with E-state index in [9.17, 15) is 8.42 Å². The van der Waals surface area contributed by atoms with Gasteiger partial charge in [0, 0.05) is 24.6 Å². The maximum absolute atomic E-state index is 11.5. The van der Waals surface area contributed by atoms with E-state index < -0.39 is 9.84 Å². The van der Waals surface area contributed by atoms with Crippen molar-refractivity contribution in [1.82, 2.24) is 5.32 Å². The Bertz CT molecular complexity index is 665. The summed E-state index contributed by atoms with van der Waals surface area (Å²) in [6.07, 6.45) is 3.57. The average molecular weight is 354 g/mol. The van der Waals surface area contributed by atoms with Crippen molar-refractivity contribution in [3.8, 4) is 0 Å². The fraction of sp³-hybridized carbons (Fsp3) is 0.562. The molecule has 7 heteroatoms. The molecule has 126 valence electrons. The second kappa shape index (κ2) is 7.34. The Morgan fingerprint density at radius 1 is 1.35 bits per heavy atom. The molecule has 2 aliphatic rings. The van der Waals surface area contributed by atoms with Crippen LogP contribution in [-0.4, -0.2) is 57.3 Å². The first-order valence-corrected chi connectivity index (χ1v) is 10.8. The normalized spacial score (nSPS) is 25.3. The molecule has 5 nitrogen and oxygen atoms in total. The average Bonchev–Trinajstić information content (AvgIpc) is 3.06. The largest absolute Gasteiger partial charge is 0.354 e. The number of hydrogen-bond donors (Lipinski definition) is 1. The van der Waals surface area contributed by atoms with Crippen LogP contribution >= 0.6 is 11.8 Å². The molecule has 2 unspecified atom stereocenters. The molecule has 3 rings (SSSR count). The highest BCUT2D eigenvalue weighted by atomic mass is 32.2. The Labute approximate surface area is 141 Å². The van der Waals surface area contributed by atoms with Crippen LogP contribution in [0.4, 0.5) is 0 Å². The molecule has 23 heavy (non-hydrogen) atoms. The van der Waals surface area contributed by atoms with E-state index in [2.05, 4.69) is 10.3 Å². The molecule has 2 heterocycles. The molecule has 1 aromatic rings. The van der Waals surface area contributed by atoms with Gasteiger partial charge in [0.2, 0.25) is 0 Å². The van der Waals surface area contributed by atoms with E-state index in [1.165, 1.54) is 24.9 Å². The summed E-state index contributed by atoms with van der Waals surface area (Å²) in [7, 11) is -3.16. The van der Waals surface area contributed by atoms with Crippen LogP contribution in [0, 0.1) is 0 Å². The SMILES string of the molecule is CS(=O)(=O)c1ccc(C2=NC(OCC3CCCS3)CNC2)cc1. The van der Waals surface area contributed by atoms with E-state index in [-0.39, 0.29) is 6.23 Å². The van der Waals surface area contributed by atoms with Crippen molar-refractivity contribution in [3.05, 3.63) is 29.8 Å². The first kappa shape index (κ1) is 17.0. The minimum atomic E-state index is -3.16. The van der Waals surface area contributed by atoms with Gasteiger partial charge in [-0.1, -0.05) is 12.1 Å². The van der Waals surface area contributed by atoms with Crippen LogP contribution < -0.4 is 5.32 Å². The van der Waals surface area contributed by atoms with E-state index >= 15 is 0 Å². The fourth-order valence-electron chi connectivity index (χ4n) is 2.74. The summed E-state index contributed by atoms with van der Waals surface area (Å²) in [5.74, 6) is 1.23. The zero-order valence-corrected chi connectivity index (χ0v) is 14.8. The summed E-state index contributed by atoms with van der Waals surface area (Å²) in [6, 6.07) is 6.89. The van der Waals surface area contributed by atoms with Crippen molar-refractivity contribution in [3.63, 3.8) is 0 Å². The number of aliphatic imine (C=N–C) groups is 1. The molecule has 0 spiro atoms. The predicted octanol–water partition coefficient (Wildman–Crippen LogP) is 1.72. The monoisotopic (exact) mass is 354 g/mol. The number of sulfone groups is 1. The topological polar surface area (TPSA) is 67.8 Å². The lowest BCUT2D eigenvalue weighted by molar-refractivity contribution is 0.0582. The predicted molar refractivity (Wildman–Crippen MR) is 94.2 cm³/mol. The highest BCUT2D eigenvalue weighted by Gasteiger charge is 2.20. The molecule has 0 aliphatic carbocycles. The van der Waals surface area contributed by atoms with E-state index in [1.54, 1.807) is 12.1 Å². The molecule has 1 N–H and O–H groups in total. The van der Waals surface area contributed by atoms with Crippen molar-refractivity contribution in [2.75, 3.05) is 31.7 Å². The van der Waals surface area contributed by atoms with Crippen LogP contribution in [0.2, 0.25) is 0 Å². The summed E-state index contributed by atoms with van der Waals surface area (Å²) in [6.45, 7) is 2.15. The fourth-order valence-corrected chi connectivity index (χ4v) is 4.55.